The average molecular weight is 403 g/mol. The van der Waals surface area contributed by atoms with E-state index >= 15 is 0 Å². The molecular formula is C30H21N. The smallest absolute Gasteiger partial charge is 0.0629 e. The van der Waals surface area contributed by atoms with Crippen LogP contribution in [-0.2, 0) is 0 Å². The van der Waals surface area contributed by atoms with Crippen molar-refractivity contribution in [3.8, 4) is 11.1 Å². The maximum absolute atomic E-state index is 8.57. The highest BCUT2D eigenvalue weighted by Gasteiger charge is 2.07. The summed E-state index contributed by atoms with van der Waals surface area (Å²) in [4.78, 5) is 0. The minimum Gasteiger partial charge on any atom is -0.355 e. The summed E-state index contributed by atoms with van der Waals surface area (Å²) >= 11 is 0. The Morgan fingerprint density at radius 1 is 0.548 bits per heavy atom. The molecule has 31 heavy (non-hydrogen) atoms. The molecule has 0 saturated heterocycles. The highest BCUT2D eigenvalue weighted by Crippen LogP contribution is 2.34. The summed E-state index contributed by atoms with van der Waals surface area (Å²) in [6, 6.07) is 23.2. The Balaban J connectivity index is 1.49. The number of rotatable bonds is 3. The molecule has 6 aromatic rings. The molecule has 0 atom stereocenters. The van der Waals surface area contributed by atoms with E-state index in [1.54, 1.807) is 12.1 Å². The maximum Gasteiger partial charge on any atom is 0.0629 e. The van der Waals surface area contributed by atoms with Crippen molar-refractivity contribution >= 4 is 43.7 Å². The summed E-state index contributed by atoms with van der Waals surface area (Å²) in [5.41, 5.74) is 2.50. The third-order valence-corrected chi connectivity index (χ3v) is 5.53. The second-order valence-electron chi connectivity index (χ2n) is 7.39. The predicted molar refractivity (Wildman–Crippen MR) is 134 cm³/mol. The molecule has 0 amide bonds. The molecule has 1 N–H and O–H groups in total. The number of nitrogens with one attached hydrogen (secondary N) is 1. The molecule has 146 valence electrons. The van der Waals surface area contributed by atoms with Crippen molar-refractivity contribution in [3.63, 3.8) is 0 Å². The Kier molecular flexibility index (Phi) is 2.81. The van der Waals surface area contributed by atoms with Crippen molar-refractivity contribution in [1.29, 1.82) is 0 Å². The second-order valence-corrected chi connectivity index (χ2v) is 7.39. The number of hydrogen-bond donors (Lipinski definition) is 1. The van der Waals surface area contributed by atoms with Crippen LogP contribution in [0.2, 0.25) is 0 Å². The van der Waals surface area contributed by atoms with Gasteiger partial charge < -0.3 is 5.32 Å². The van der Waals surface area contributed by atoms with Gasteiger partial charge in [-0.05, 0) is 56.3 Å². The molecule has 6 rings (SSSR count). The van der Waals surface area contributed by atoms with E-state index in [2.05, 4.69) is 35.6 Å². The van der Waals surface area contributed by atoms with Crippen LogP contribution >= 0.6 is 0 Å². The van der Waals surface area contributed by atoms with Crippen molar-refractivity contribution in [2.24, 2.45) is 0 Å². The molecule has 6 aromatic carbocycles. The first-order chi connectivity index (χ1) is 18.3. The van der Waals surface area contributed by atoms with Gasteiger partial charge in [-0.25, -0.2) is 0 Å². The van der Waals surface area contributed by atoms with Crippen LogP contribution in [0.25, 0.3) is 43.4 Å². The molecule has 0 aliphatic heterocycles. The molecule has 1 nitrogen and oxygen atoms in total. The molecule has 1 heteroatoms. The molecule has 0 heterocycles. The van der Waals surface area contributed by atoms with E-state index in [-0.39, 0.29) is 46.5 Å². The summed E-state index contributed by atoms with van der Waals surface area (Å²) in [6.45, 7) is 0. The van der Waals surface area contributed by atoms with Gasteiger partial charge in [0.05, 0.1) is 9.60 Å². The Hall–Kier alpha value is -4.10. The normalized spacial score (nSPS) is 14.4. The third kappa shape index (κ3) is 3.12. The average Bonchev–Trinajstić information content (AvgIpc) is 2.94. The third-order valence-electron chi connectivity index (χ3n) is 5.53. The molecular weight excluding hydrogens is 374 g/mol. The lowest BCUT2D eigenvalue weighted by Crippen LogP contribution is -1.92. The fourth-order valence-electron chi connectivity index (χ4n) is 4.06. The van der Waals surface area contributed by atoms with Gasteiger partial charge in [0.15, 0.2) is 0 Å². The van der Waals surface area contributed by atoms with Crippen molar-refractivity contribution in [2.75, 3.05) is 5.32 Å². The first-order valence-corrected chi connectivity index (χ1v) is 10.1. The Morgan fingerprint density at radius 2 is 1.26 bits per heavy atom. The van der Waals surface area contributed by atoms with Crippen LogP contribution in [-0.4, -0.2) is 0 Å². The lowest BCUT2D eigenvalue weighted by molar-refractivity contribution is 1.58. The van der Waals surface area contributed by atoms with E-state index in [0.29, 0.717) is 5.56 Å². The van der Waals surface area contributed by atoms with Gasteiger partial charge in [0.25, 0.3) is 0 Å². The topological polar surface area (TPSA) is 12.0 Å². The molecule has 0 radical (unpaired) electrons. The standard InChI is InChI=1S/C30H21N/c1-3-11-25-21(8-1)10-7-15-26(25)22-16-18-24(19-17-22)31-30-20-23-9-2-4-12-27(23)28-13-5-6-14-29(28)30/h1-20,31H/i1D,3D,7D,8D,10D,11D,15D. The van der Waals surface area contributed by atoms with E-state index in [4.69, 9.17) is 9.60 Å². The van der Waals surface area contributed by atoms with Crippen LogP contribution in [0.1, 0.15) is 9.60 Å². The van der Waals surface area contributed by atoms with Crippen molar-refractivity contribution in [1.82, 2.24) is 0 Å². The Labute approximate surface area is 191 Å². The lowest BCUT2D eigenvalue weighted by Gasteiger charge is -2.14. The Bertz CT molecular complexity index is 1910. The molecule has 0 fully saturated rings. The predicted octanol–water partition coefficient (Wildman–Crippen LogP) is 8.56. The zero-order valence-electron chi connectivity index (χ0n) is 23.5. The van der Waals surface area contributed by atoms with Gasteiger partial charge in [-0.15, -0.1) is 0 Å². The summed E-state index contributed by atoms with van der Waals surface area (Å²) in [7, 11) is 0. The molecule has 0 aliphatic rings. The summed E-state index contributed by atoms with van der Waals surface area (Å²) in [5, 5.41) is 8.04. The minimum atomic E-state index is -0.457. The molecule has 0 bridgehead atoms. The molecule has 0 saturated carbocycles. The van der Waals surface area contributed by atoms with Gasteiger partial charge in [-0.1, -0.05) is 103 Å². The summed E-state index contributed by atoms with van der Waals surface area (Å²) in [6.07, 6.45) is 0. The van der Waals surface area contributed by atoms with Gasteiger partial charge in [-0.2, -0.15) is 0 Å². The van der Waals surface area contributed by atoms with E-state index in [1.165, 1.54) is 5.39 Å². The van der Waals surface area contributed by atoms with Crippen LogP contribution in [0.5, 0.6) is 0 Å². The monoisotopic (exact) mass is 402 g/mol. The summed E-state index contributed by atoms with van der Waals surface area (Å²) < 4.78 is 58.1. The zero-order valence-corrected chi connectivity index (χ0v) is 16.5. The minimum absolute atomic E-state index is 0.0446. The van der Waals surface area contributed by atoms with E-state index in [0.717, 1.165) is 27.5 Å². The van der Waals surface area contributed by atoms with Gasteiger partial charge in [0.2, 0.25) is 0 Å². The van der Waals surface area contributed by atoms with Crippen molar-refractivity contribution < 1.29 is 9.60 Å². The van der Waals surface area contributed by atoms with Gasteiger partial charge in [-0.3, -0.25) is 0 Å². The van der Waals surface area contributed by atoms with E-state index in [1.807, 2.05) is 36.4 Å². The first kappa shape index (κ1) is 11.9. The van der Waals surface area contributed by atoms with Crippen LogP contribution < -0.4 is 5.32 Å². The number of fused-ring (bicyclic) bond motifs is 4. The van der Waals surface area contributed by atoms with Crippen LogP contribution in [0.3, 0.4) is 0 Å². The molecule has 0 aliphatic carbocycles. The van der Waals surface area contributed by atoms with Crippen LogP contribution in [0, 0.1) is 0 Å². The van der Waals surface area contributed by atoms with E-state index in [9.17, 15) is 0 Å². The molecule has 0 spiro atoms. The van der Waals surface area contributed by atoms with Crippen molar-refractivity contribution in [3.05, 3.63) is 121 Å². The Morgan fingerprint density at radius 3 is 2.13 bits per heavy atom. The first-order valence-electron chi connectivity index (χ1n) is 13.6. The van der Waals surface area contributed by atoms with E-state index < -0.39 is 12.1 Å². The van der Waals surface area contributed by atoms with Crippen molar-refractivity contribution in [2.45, 2.75) is 0 Å². The molecule has 0 unspecified atom stereocenters. The van der Waals surface area contributed by atoms with Gasteiger partial charge in [0, 0.05) is 16.8 Å². The van der Waals surface area contributed by atoms with Gasteiger partial charge in [0.1, 0.15) is 0 Å². The maximum atomic E-state index is 8.57. The summed E-state index contributed by atoms with van der Waals surface area (Å²) in [5.74, 6) is 0. The SMILES string of the molecule is [2H]c1c([2H])c([2H])c2c(-c3ccc(Nc4cc5ccccc5c5ccccc45)cc3)c([2H])c([2H])c([2H])c2c1[2H]. The molecule has 0 aromatic heterocycles. The van der Waals surface area contributed by atoms with Crippen LogP contribution in [0.4, 0.5) is 11.4 Å². The number of anilines is 2. The highest BCUT2D eigenvalue weighted by atomic mass is 14.9. The zero-order chi connectivity index (χ0) is 26.7. The van der Waals surface area contributed by atoms with Crippen LogP contribution in [0.15, 0.2) is 121 Å². The fraction of sp³-hybridized carbons (Fsp3) is 0. The number of benzene rings is 6. The van der Waals surface area contributed by atoms with Gasteiger partial charge >= 0.3 is 0 Å². The number of hydrogen-bond acceptors (Lipinski definition) is 1. The lowest BCUT2D eigenvalue weighted by atomic mass is 9.98. The second kappa shape index (κ2) is 7.30. The largest absolute Gasteiger partial charge is 0.355 e. The fourth-order valence-corrected chi connectivity index (χ4v) is 4.06. The highest BCUT2D eigenvalue weighted by molar-refractivity contribution is 6.13. The quantitative estimate of drug-likeness (QED) is 0.292.